The minimum absolute atomic E-state index is 0.116. The number of rotatable bonds is 7. The fraction of sp³-hybridized carbons (Fsp3) is 0.250. The Kier molecular flexibility index (Phi) is 6.79. The zero-order chi connectivity index (χ0) is 23.3. The van der Waals surface area contributed by atoms with Crippen LogP contribution < -0.4 is 4.74 Å². The first-order valence-electron chi connectivity index (χ1n) is 11.6. The monoisotopic (exact) mass is 471 g/mol. The van der Waals surface area contributed by atoms with Crippen molar-refractivity contribution in [2.45, 2.75) is 6.54 Å². The molecule has 2 aromatic carbocycles. The van der Waals surface area contributed by atoms with Crippen molar-refractivity contribution in [3.63, 3.8) is 0 Å². The molecule has 0 N–H and O–H groups in total. The predicted molar refractivity (Wildman–Crippen MR) is 140 cm³/mol. The highest BCUT2D eigenvalue weighted by Crippen LogP contribution is 2.28. The molecule has 2 aromatic heterocycles. The van der Waals surface area contributed by atoms with Crippen molar-refractivity contribution >= 4 is 33.5 Å². The third-order valence-corrected chi connectivity index (χ3v) is 7.28. The van der Waals surface area contributed by atoms with Crippen LogP contribution in [0.5, 0.6) is 5.75 Å². The van der Waals surface area contributed by atoms with E-state index in [0.717, 1.165) is 59.9 Å². The standard InChI is InChI=1S/C28H29N3O2S/c1-33-25-11-5-9-23(19-25)21-31-26(20-24-12-18-34-28(24)31)27(32)30-16-14-29(15-17-30)13-6-10-22-7-3-2-4-8-22/h2-12,18-20H,13-17,21H2,1H3/b10-6+. The summed E-state index contributed by atoms with van der Waals surface area (Å²) in [6.45, 7) is 4.81. The van der Waals surface area contributed by atoms with Crippen LogP contribution in [-0.2, 0) is 6.54 Å². The first-order chi connectivity index (χ1) is 16.7. The molecule has 1 saturated heterocycles. The smallest absolute Gasteiger partial charge is 0.270 e. The minimum atomic E-state index is 0.116. The second-order valence-electron chi connectivity index (χ2n) is 8.55. The van der Waals surface area contributed by atoms with Crippen LogP contribution in [0.25, 0.3) is 16.3 Å². The molecule has 34 heavy (non-hydrogen) atoms. The molecule has 1 aliphatic rings. The Labute approximate surface area is 204 Å². The molecule has 0 radical (unpaired) electrons. The Balaban J connectivity index is 1.26. The lowest BCUT2D eigenvalue weighted by atomic mass is 10.2. The number of nitrogens with zero attached hydrogens (tertiary/aromatic N) is 3. The van der Waals surface area contributed by atoms with Crippen molar-refractivity contribution in [1.82, 2.24) is 14.4 Å². The molecule has 0 atom stereocenters. The second-order valence-corrected chi connectivity index (χ2v) is 9.45. The normalized spacial score (nSPS) is 14.8. The Morgan fingerprint density at radius 2 is 1.82 bits per heavy atom. The van der Waals surface area contributed by atoms with Gasteiger partial charge in [0.05, 0.1) is 7.11 Å². The molecule has 4 aromatic rings. The maximum atomic E-state index is 13.6. The number of methoxy groups -OCH3 is 1. The Bertz CT molecular complexity index is 1280. The maximum Gasteiger partial charge on any atom is 0.270 e. The van der Waals surface area contributed by atoms with Gasteiger partial charge >= 0.3 is 0 Å². The van der Waals surface area contributed by atoms with Crippen molar-refractivity contribution < 1.29 is 9.53 Å². The zero-order valence-corrected chi connectivity index (χ0v) is 20.2. The van der Waals surface area contributed by atoms with Gasteiger partial charge in [-0.05, 0) is 40.8 Å². The minimum Gasteiger partial charge on any atom is -0.497 e. The number of amides is 1. The summed E-state index contributed by atoms with van der Waals surface area (Å²) in [7, 11) is 1.68. The lowest BCUT2D eigenvalue weighted by Crippen LogP contribution is -2.49. The average Bonchev–Trinajstić information content (AvgIpc) is 3.47. The summed E-state index contributed by atoms with van der Waals surface area (Å²) in [5.41, 5.74) is 3.10. The molecule has 1 fully saturated rings. The summed E-state index contributed by atoms with van der Waals surface area (Å²) in [5.74, 6) is 0.947. The van der Waals surface area contributed by atoms with Gasteiger partial charge in [0, 0.05) is 44.7 Å². The summed E-state index contributed by atoms with van der Waals surface area (Å²) in [4.78, 5) is 19.1. The molecule has 3 heterocycles. The van der Waals surface area contributed by atoms with Gasteiger partial charge in [0.1, 0.15) is 16.3 Å². The van der Waals surface area contributed by atoms with Gasteiger partial charge in [0.2, 0.25) is 0 Å². The third kappa shape index (κ3) is 4.93. The topological polar surface area (TPSA) is 37.7 Å². The molecular formula is C28H29N3O2S. The van der Waals surface area contributed by atoms with Crippen molar-refractivity contribution in [3.8, 4) is 5.75 Å². The van der Waals surface area contributed by atoms with Crippen molar-refractivity contribution in [2.24, 2.45) is 0 Å². The first-order valence-corrected chi connectivity index (χ1v) is 12.5. The van der Waals surface area contributed by atoms with Gasteiger partial charge in [0.15, 0.2) is 0 Å². The van der Waals surface area contributed by atoms with Crippen LogP contribution in [0.3, 0.4) is 0 Å². The highest BCUT2D eigenvalue weighted by atomic mass is 32.1. The number of carbonyl (C=O) groups is 1. The average molecular weight is 472 g/mol. The van der Waals surface area contributed by atoms with Crippen LogP contribution >= 0.6 is 11.3 Å². The molecule has 0 saturated carbocycles. The summed E-state index contributed by atoms with van der Waals surface area (Å²) >= 11 is 1.68. The van der Waals surface area contributed by atoms with E-state index in [1.54, 1.807) is 18.4 Å². The van der Waals surface area contributed by atoms with E-state index in [-0.39, 0.29) is 5.91 Å². The maximum absolute atomic E-state index is 13.6. The number of ether oxygens (including phenoxy) is 1. The van der Waals surface area contributed by atoms with Crippen molar-refractivity contribution in [1.29, 1.82) is 0 Å². The summed E-state index contributed by atoms with van der Waals surface area (Å²) in [5, 5.41) is 3.21. The van der Waals surface area contributed by atoms with Crippen LogP contribution in [0.2, 0.25) is 0 Å². The molecule has 174 valence electrons. The lowest BCUT2D eigenvalue weighted by Gasteiger charge is -2.34. The van der Waals surface area contributed by atoms with Crippen LogP contribution in [0.15, 0.2) is 78.2 Å². The first kappa shape index (κ1) is 22.4. The van der Waals surface area contributed by atoms with Crippen molar-refractivity contribution in [3.05, 3.63) is 95.0 Å². The highest BCUT2D eigenvalue weighted by Gasteiger charge is 2.25. The highest BCUT2D eigenvalue weighted by molar-refractivity contribution is 7.16. The quantitative estimate of drug-likeness (QED) is 0.370. The molecule has 0 spiro atoms. The molecule has 0 bridgehead atoms. The van der Waals surface area contributed by atoms with Gasteiger partial charge < -0.3 is 14.2 Å². The van der Waals surface area contributed by atoms with Gasteiger partial charge in [-0.25, -0.2) is 0 Å². The molecule has 1 aliphatic heterocycles. The Morgan fingerprint density at radius 3 is 2.62 bits per heavy atom. The number of piperazine rings is 1. The van der Waals surface area contributed by atoms with Gasteiger partial charge in [-0.2, -0.15) is 0 Å². The molecular weight excluding hydrogens is 442 g/mol. The van der Waals surface area contributed by atoms with E-state index in [1.165, 1.54) is 5.56 Å². The molecule has 5 nitrogen and oxygen atoms in total. The second kappa shape index (κ2) is 10.3. The molecule has 0 aliphatic carbocycles. The fourth-order valence-electron chi connectivity index (χ4n) is 4.46. The van der Waals surface area contributed by atoms with Crippen LogP contribution in [0.1, 0.15) is 21.6 Å². The summed E-state index contributed by atoms with van der Waals surface area (Å²) in [6.07, 6.45) is 4.37. The molecule has 0 unspecified atom stereocenters. The third-order valence-electron chi connectivity index (χ3n) is 6.33. The van der Waals surface area contributed by atoms with Crippen LogP contribution in [0, 0.1) is 0 Å². The number of hydrogen-bond acceptors (Lipinski definition) is 4. The molecule has 1 amide bonds. The Morgan fingerprint density at radius 1 is 1.00 bits per heavy atom. The largest absolute Gasteiger partial charge is 0.497 e. The summed E-state index contributed by atoms with van der Waals surface area (Å²) in [6, 6.07) is 22.6. The predicted octanol–water partition coefficient (Wildman–Crippen LogP) is 5.23. The number of hydrogen-bond donors (Lipinski definition) is 0. The van der Waals surface area contributed by atoms with E-state index < -0.39 is 0 Å². The number of thiophene rings is 1. The van der Waals surface area contributed by atoms with Gasteiger partial charge in [-0.1, -0.05) is 54.6 Å². The van der Waals surface area contributed by atoms with E-state index in [9.17, 15) is 4.79 Å². The number of aromatic nitrogens is 1. The Hall–Kier alpha value is -3.35. The zero-order valence-electron chi connectivity index (χ0n) is 19.4. The molecule has 6 heteroatoms. The van der Waals surface area contributed by atoms with Gasteiger partial charge in [-0.15, -0.1) is 11.3 Å². The number of fused-ring (bicyclic) bond motifs is 1. The van der Waals surface area contributed by atoms with Crippen molar-refractivity contribution in [2.75, 3.05) is 39.8 Å². The number of carbonyl (C=O) groups excluding carboxylic acids is 1. The van der Waals surface area contributed by atoms with Crippen LogP contribution in [0.4, 0.5) is 0 Å². The van der Waals surface area contributed by atoms with E-state index in [0.29, 0.717) is 6.54 Å². The fourth-order valence-corrected chi connectivity index (χ4v) is 5.36. The number of benzene rings is 2. The van der Waals surface area contributed by atoms with E-state index >= 15 is 0 Å². The van der Waals surface area contributed by atoms with E-state index in [1.807, 2.05) is 35.2 Å². The van der Waals surface area contributed by atoms with Gasteiger partial charge in [-0.3, -0.25) is 9.69 Å². The lowest BCUT2D eigenvalue weighted by molar-refractivity contribution is 0.0640. The van der Waals surface area contributed by atoms with E-state index in [4.69, 9.17) is 4.74 Å². The molecule has 5 rings (SSSR count). The summed E-state index contributed by atoms with van der Waals surface area (Å²) < 4.78 is 7.55. The van der Waals surface area contributed by atoms with E-state index in [2.05, 4.69) is 63.4 Å². The SMILES string of the molecule is COc1cccc(Cn2c(C(=O)N3CCN(C/C=C/c4ccccc4)CC3)cc3ccsc32)c1. The van der Waals surface area contributed by atoms with Gasteiger partial charge in [0.25, 0.3) is 5.91 Å². The van der Waals surface area contributed by atoms with Crippen LogP contribution in [-0.4, -0.2) is 60.1 Å².